The minimum Gasteiger partial charge on any atom is -0.320 e. The van der Waals surface area contributed by atoms with Crippen LogP contribution < -0.4 is 10.6 Å². The molecule has 3 N–H and O–H groups in total. The van der Waals surface area contributed by atoms with Gasteiger partial charge in [-0.25, -0.2) is 4.98 Å². The van der Waals surface area contributed by atoms with Crippen molar-refractivity contribution < 1.29 is 4.79 Å². The Kier molecular flexibility index (Phi) is 3.84. The average Bonchev–Trinajstić information content (AvgIpc) is 3.32. The number of nitrogens with zero attached hydrogens (tertiary/aromatic N) is 5. The van der Waals surface area contributed by atoms with Crippen LogP contribution in [0.3, 0.4) is 0 Å². The lowest BCUT2D eigenvalue weighted by atomic mass is 10.1. The summed E-state index contributed by atoms with van der Waals surface area (Å²) in [6.07, 6.45) is 5.89. The van der Waals surface area contributed by atoms with E-state index in [1.165, 1.54) is 0 Å². The second-order valence-electron chi connectivity index (χ2n) is 6.70. The number of pyridine rings is 3. The predicted molar refractivity (Wildman–Crippen MR) is 105 cm³/mol. The van der Waals surface area contributed by atoms with Gasteiger partial charge in [0.05, 0.1) is 29.1 Å². The lowest BCUT2D eigenvalue weighted by molar-refractivity contribution is -0.118. The number of hydrogen-bond acceptors (Lipinski definition) is 6. The maximum absolute atomic E-state index is 12.2. The van der Waals surface area contributed by atoms with Gasteiger partial charge in [0.1, 0.15) is 11.5 Å². The first-order valence-corrected chi connectivity index (χ1v) is 8.99. The van der Waals surface area contributed by atoms with Gasteiger partial charge < -0.3 is 5.73 Å². The molecule has 8 nitrogen and oxygen atoms in total. The summed E-state index contributed by atoms with van der Waals surface area (Å²) in [4.78, 5) is 27.2. The topological polar surface area (TPSA) is 114 Å². The van der Waals surface area contributed by atoms with Gasteiger partial charge in [0, 0.05) is 29.9 Å². The van der Waals surface area contributed by atoms with E-state index in [9.17, 15) is 4.79 Å². The quantitative estimate of drug-likeness (QED) is 0.570. The third-order valence-electron chi connectivity index (χ3n) is 4.91. The fraction of sp³-hybridized carbons (Fsp3) is 0.150. The van der Waals surface area contributed by atoms with Crippen LogP contribution in [0.5, 0.6) is 0 Å². The highest BCUT2D eigenvalue weighted by Gasteiger charge is 2.30. The molecule has 1 atom stereocenters. The van der Waals surface area contributed by atoms with Crippen LogP contribution in [0.15, 0.2) is 55.0 Å². The maximum atomic E-state index is 12.2. The van der Waals surface area contributed by atoms with E-state index in [2.05, 4.69) is 25.1 Å². The summed E-state index contributed by atoms with van der Waals surface area (Å²) in [5, 5.41) is 8.34. The van der Waals surface area contributed by atoms with Gasteiger partial charge in [0.15, 0.2) is 0 Å². The standard InChI is InChI=1S/C20H17N7O/c21-14-6-8-27(20(14)28)18-5-1-4-15(24-18)19-13-9-16(12-3-2-7-22-10-12)23-11-17(13)25-26-19/h1-5,7,9-11,14H,6,8,21H2,(H,25,26). The molecule has 1 aliphatic heterocycles. The number of carbonyl (C=O) groups is 1. The van der Waals surface area contributed by atoms with E-state index in [1.807, 2.05) is 36.4 Å². The van der Waals surface area contributed by atoms with Crippen LogP contribution in [0.25, 0.3) is 33.5 Å². The SMILES string of the molecule is NC1CCN(c2cccc(-c3n[nH]c4cnc(-c5cccnc5)cc34)n2)C1=O. The van der Waals surface area contributed by atoms with E-state index in [0.717, 1.165) is 22.2 Å². The third kappa shape index (κ3) is 2.71. The largest absolute Gasteiger partial charge is 0.320 e. The minimum atomic E-state index is -0.454. The number of H-pyrrole nitrogens is 1. The highest BCUT2D eigenvalue weighted by atomic mass is 16.2. The summed E-state index contributed by atoms with van der Waals surface area (Å²) in [5.41, 5.74) is 9.77. The molecular weight excluding hydrogens is 354 g/mol. The van der Waals surface area contributed by atoms with Gasteiger partial charge in [-0.3, -0.25) is 24.8 Å². The van der Waals surface area contributed by atoms with Crippen molar-refractivity contribution in [1.29, 1.82) is 0 Å². The molecule has 0 aliphatic carbocycles. The zero-order valence-electron chi connectivity index (χ0n) is 14.9. The van der Waals surface area contributed by atoms with E-state index in [-0.39, 0.29) is 5.91 Å². The second-order valence-corrected chi connectivity index (χ2v) is 6.70. The molecule has 1 fully saturated rings. The van der Waals surface area contributed by atoms with E-state index in [0.29, 0.717) is 30.2 Å². The summed E-state index contributed by atoms with van der Waals surface area (Å²) < 4.78 is 0. The Morgan fingerprint density at radius 3 is 2.86 bits per heavy atom. The highest BCUT2D eigenvalue weighted by molar-refractivity contribution is 5.99. The van der Waals surface area contributed by atoms with E-state index < -0.39 is 6.04 Å². The second kappa shape index (κ2) is 6.50. The van der Waals surface area contributed by atoms with E-state index >= 15 is 0 Å². The number of nitrogens with two attached hydrogens (primary N) is 1. The molecule has 1 saturated heterocycles. The first-order chi connectivity index (χ1) is 13.7. The van der Waals surface area contributed by atoms with Crippen molar-refractivity contribution in [2.75, 3.05) is 11.4 Å². The molecule has 4 aromatic rings. The van der Waals surface area contributed by atoms with Crippen molar-refractivity contribution in [3.8, 4) is 22.6 Å². The van der Waals surface area contributed by atoms with Gasteiger partial charge in [-0.15, -0.1) is 0 Å². The molecule has 5 rings (SSSR count). The van der Waals surface area contributed by atoms with Crippen molar-refractivity contribution >= 4 is 22.6 Å². The van der Waals surface area contributed by atoms with E-state index in [1.54, 1.807) is 23.5 Å². The Hall–Kier alpha value is -3.65. The molecule has 1 unspecified atom stereocenters. The molecule has 0 radical (unpaired) electrons. The van der Waals surface area contributed by atoms with Gasteiger partial charge in [-0.2, -0.15) is 5.10 Å². The molecule has 28 heavy (non-hydrogen) atoms. The van der Waals surface area contributed by atoms with Gasteiger partial charge in [0.25, 0.3) is 0 Å². The Balaban J connectivity index is 1.58. The molecule has 0 aromatic carbocycles. The summed E-state index contributed by atoms with van der Waals surface area (Å²) >= 11 is 0. The number of hydrogen-bond donors (Lipinski definition) is 2. The zero-order valence-corrected chi connectivity index (χ0v) is 14.9. The number of fused-ring (bicyclic) bond motifs is 1. The third-order valence-corrected chi connectivity index (χ3v) is 4.91. The fourth-order valence-corrected chi connectivity index (χ4v) is 3.42. The smallest absolute Gasteiger partial charge is 0.245 e. The normalized spacial score (nSPS) is 16.8. The van der Waals surface area contributed by atoms with Crippen LogP contribution in [0, 0.1) is 0 Å². The molecule has 4 aromatic heterocycles. The first-order valence-electron chi connectivity index (χ1n) is 8.99. The summed E-state index contributed by atoms with van der Waals surface area (Å²) in [6.45, 7) is 0.576. The molecule has 5 heterocycles. The fourth-order valence-electron chi connectivity index (χ4n) is 3.42. The Morgan fingerprint density at radius 1 is 1.14 bits per heavy atom. The Morgan fingerprint density at radius 2 is 2.07 bits per heavy atom. The number of carbonyl (C=O) groups excluding carboxylic acids is 1. The molecule has 1 aliphatic rings. The van der Waals surface area contributed by atoms with Gasteiger partial charge >= 0.3 is 0 Å². The predicted octanol–water partition coefficient (Wildman–Crippen LogP) is 2.15. The van der Waals surface area contributed by atoms with Crippen molar-refractivity contribution in [3.05, 3.63) is 55.0 Å². The van der Waals surface area contributed by atoms with E-state index in [4.69, 9.17) is 5.73 Å². The number of rotatable bonds is 3. The number of anilines is 1. The van der Waals surface area contributed by atoms with Crippen LogP contribution in [-0.2, 0) is 4.79 Å². The molecule has 0 saturated carbocycles. The summed E-state index contributed by atoms with van der Waals surface area (Å²) in [7, 11) is 0. The van der Waals surface area contributed by atoms with Gasteiger partial charge in [-0.1, -0.05) is 6.07 Å². The average molecular weight is 371 g/mol. The zero-order chi connectivity index (χ0) is 19.1. The number of amides is 1. The Bertz CT molecular complexity index is 1170. The number of aromatic nitrogens is 5. The number of aromatic amines is 1. The monoisotopic (exact) mass is 371 g/mol. The lowest BCUT2D eigenvalue weighted by Gasteiger charge is -2.15. The minimum absolute atomic E-state index is 0.0976. The van der Waals surface area contributed by atoms with Crippen molar-refractivity contribution in [3.63, 3.8) is 0 Å². The highest BCUT2D eigenvalue weighted by Crippen LogP contribution is 2.29. The van der Waals surface area contributed by atoms with Crippen molar-refractivity contribution in [2.24, 2.45) is 5.73 Å². The number of nitrogens with one attached hydrogen (secondary N) is 1. The molecular formula is C20H17N7O. The van der Waals surface area contributed by atoms with Gasteiger partial charge in [0.2, 0.25) is 5.91 Å². The molecule has 0 bridgehead atoms. The van der Waals surface area contributed by atoms with Crippen molar-refractivity contribution in [2.45, 2.75) is 12.5 Å². The molecule has 1 amide bonds. The van der Waals surface area contributed by atoms with Gasteiger partial charge in [-0.05, 0) is 36.8 Å². The molecule has 8 heteroatoms. The van der Waals surface area contributed by atoms with Crippen molar-refractivity contribution in [1.82, 2.24) is 25.1 Å². The maximum Gasteiger partial charge on any atom is 0.245 e. The van der Waals surface area contributed by atoms with Crippen LogP contribution in [0.4, 0.5) is 5.82 Å². The van der Waals surface area contributed by atoms with Crippen LogP contribution in [0.2, 0.25) is 0 Å². The molecule has 138 valence electrons. The van der Waals surface area contributed by atoms with Crippen LogP contribution in [-0.4, -0.2) is 43.6 Å². The summed E-state index contributed by atoms with van der Waals surface area (Å²) in [6, 6.07) is 10.9. The first kappa shape index (κ1) is 16.5. The lowest BCUT2D eigenvalue weighted by Crippen LogP contribution is -2.34. The van der Waals surface area contributed by atoms with Crippen LogP contribution >= 0.6 is 0 Å². The summed E-state index contributed by atoms with van der Waals surface area (Å²) in [5.74, 6) is 0.493. The van der Waals surface area contributed by atoms with Crippen LogP contribution in [0.1, 0.15) is 6.42 Å². The Labute approximate surface area is 160 Å². The molecule has 0 spiro atoms.